The van der Waals surface area contributed by atoms with Gasteiger partial charge in [-0.25, -0.2) is 0 Å². The zero-order valence-corrected chi connectivity index (χ0v) is 12.6. The van der Waals surface area contributed by atoms with Gasteiger partial charge in [0.25, 0.3) is 0 Å². The Bertz CT molecular complexity index is 352. The van der Waals surface area contributed by atoms with Gasteiger partial charge >= 0.3 is 0 Å². The molecule has 0 spiro atoms. The van der Waals surface area contributed by atoms with Gasteiger partial charge in [-0.2, -0.15) is 11.8 Å². The number of hydrogen-bond donors (Lipinski definition) is 1. The minimum absolute atomic E-state index is 0.0834. The molecule has 0 amide bonds. The van der Waals surface area contributed by atoms with Gasteiger partial charge in [0.05, 0.1) is 6.61 Å². The van der Waals surface area contributed by atoms with E-state index in [1.54, 1.807) is 0 Å². The summed E-state index contributed by atoms with van der Waals surface area (Å²) in [6, 6.07) is 6.39. The molecule has 0 fully saturated rings. The van der Waals surface area contributed by atoms with Gasteiger partial charge in [-0.1, -0.05) is 19.4 Å². The van der Waals surface area contributed by atoms with Gasteiger partial charge in [-0.3, -0.25) is 0 Å². The molecule has 2 N–H and O–H groups in total. The van der Waals surface area contributed by atoms with Crippen LogP contribution in [0.4, 0.5) is 0 Å². The quantitative estimate of drug-likeness (QED) is 0.719. The van der Waals surface area contributed by atoms with Crippen molar-refractivity contribution in [3.63, 3.8) is 0 Å². The molecule has 1 atom stereocenters. The SMILES string of the molecule is CCCCSCc1cc(C(C)N)ccc1OCC. The van der Waals surface area contributed by atoms with Crippen LogP contribution in [0.5, 0.6) is 5.75 Å². The smallest absolute Gasteiger partial charge is 0.123 e. The Kier molecular flexibility index (Phi) is 7.21. The van der Waals surface area contributed by atoms with Gasteiger partial charge in [0.15, 0.2) is 0 Å². The van der Waals surface area contributed by atoms with Gasteiger partial charge in [0.2, 0.25) is 0 Å². The summed E-state index contributed by atoms with van der Waals surface area (Å²) < 4.78 is 5.67. The van der Waals surface area contributed by atoms with Crippen LogP contribution >= 0.6 is 11.8 Å². The van der Waals surface area contributed by atoms with Crippen LogP contribution in [0.3, 0.4) is 0 Å². The number of ether oxygens (including phenoxy) is 1. The van der Waals surface area contributed by atoms with Crippen LogP contribution < -0.4 is 10.5 Å². The average Bonchev–Trinajstić information content (AvgIpc) is 2.36. The topological polar surface area (TPSA) is 35.2 Å². The van der Waals surface area contributed by atoms with Crippen molar-refractivity contribution in [3.05, 3.63) is 29.3 Å². The van der Waals surface area contributed by atoms with Crippen LogP contribution in [0.2, 0.25) is 0 Å². The van der Waals surface area contributed by atoms with Crippen molar-refractivity contribution in [2.45, 2.75) is 45.4 Å². The van der Waals surface area contributed by atoms with Crippen molar-refractivity contribution in [3.8, 4) is 5.75 Å². The molecule has 0 bridgehead atoms. The van der Waals surface area contributed by atoms with E-state index in [2.05, 4.69) is 25.1 Å². The van der Waals surface area contributed by atoms with Gasteiger partial charge in [0, 0.05) is 17.4 Å². The third kappa shape index (κ3) is 4.91. The lowest BCUT2D eigenvalue weighted by molar-refractivity contribution is 0.337. The minimum atomic E-state index is 0.0834. The van der Waals surface area contributed by atoms with E-state index >= 15 is 0 Å². The molecular weight excluding hydrogens is 242 g/mol. The average molecular weight is 267 g/mol. The molecule has 1 aromatic rings. The number of rotatable bonds is 8. The first-order valence-electron chi connectivity index (χ1n) is 6.78. The summed E-state index contributed by atoms with van der Waals surface area (Å²) in [5, 5.41) is 0. The molecular formula is C15H25NOS. The second kappa shape index (κ2) is 8.44. The zero-order chi connectivity index (χ0) is 13.4. The molecule has 0 aliphatic carbocycles. The molecule has 1 unspecified atom stereocenters. The van der Waals surface area contributed by atoms with Crippen LogP contribution in [0.15, 0.2) is 18.2 Å². The van der Waals surface area contributed by atoms with E-state index in [4.69, 9.17) is 10.5 Å². The first kappa shape index (κ1) is 15.4. The second-order valence-corrected chi connectivity index (χ2v) is 5.60. The molecule has 0 saturated heterocycles. The monoisotopic (exact) mass is 267 g/mol. The third-order valence-corrected chi connectivity index (χ3v) is 3.90. The van der Waals surface area contributed by atoms with Crippen LogP contribution in [0.25, 0.3) is 0 Å². The Labute approximate surface area is 115 Å². The van der Waals surface area contributed by atoms with E-state index < -0.39 is 0 Å². The van der Waals surface area contributed by atoms with E-state index in [1.165, 1.54) is 29.7 Å². The fourth-order valence-electron chi connectivity index (χ4n) is 1.72. The Hall–Kier alpha value is -0.670. The molecule has 18 heavy (non-hydrogen) atoms. The lowest BCUT2D eigenvalue weighted by atomic mass is 10.1. The lowest BCUT2D eigenvalue weighted by Gasteiger charge is -2.13. The number of unbranched alkanes of at least 4 members (excludes halogenated alkanes) is 1. The highest BCUT2D eigenvalue weighted by Crippen LogP contribution is 2.27. The molecule has 0 saturated carbocycles. The van der Waals surface area contributed by atoms with Crippen molar-refractivity contribution < 1.29 is 4.74 Å². The standard InChI is InChI=1S/C15H25NOS/c1-4-6-9-18-11-14-10-13(12(3)16)7-8-15(14)17-5-2/h7-8,10,12H,4-6,9,11,16H2,1-3H3. The van der Waals surface area contributed by atoms with Crippen molar-refractivity contribution >= 4 is 11.8 Å². The summed E-state index contributed by atoms with van der Waals surface area (Å²) in [6.07, 6.45) is 2.53. The first-order chi connectivity index (χ1) is 8.69. The zero-order valence-electron chi connectivity index (χ0n) is 11.7. The van der Waals surface area contributed by atoms with Crippen LogP contribution in [0, 0.1) is 0 Å². The summed E-state index contributed by atoms with van der Waals surface area (Å²) in [5.41, 5.74) is 8.39. The minimum Gasteiger partial charge on any atom is -0.494 e. The van der Waals surface area contributed by atoms with E-state index in [0.29, 0.717) is 6.61 Å². The molecule has 2 nitrogen and oxygen atoms in total. The highest BCUT2D eigenvalue weighted by Gasteiger charge is 2.07. The summed E-state index contributed by atoms with van der Waals surface area (Å²) >= 11 is 1.97. The molecule has 0 aromatic heterocycles. The fraction of sp³-hybridized carbons (Fsp3) is 0.600. The molecule has 1 rings (SSSR count). The van der Waals surface area contributed by atoms with Gasteiger partial charge in [-0.15, -0.1) is 0 Å². The van der Waals surface area contributed by atoms with Crippen molar-refractivity contribution in [1.29, 1.82) is 0 Å². The normalized spacial score (nSPS) is 12.4. The Morgan fingerprint density at radius 1 is 1.33 bits per heavy atom. The second-order valence-electron chi connectivity index (χ2n) is 4.49. The maximum absolute atomic E-state index is 5.94. The number of thioether (sulfide) groups is 1. The largest absolute Gasteiger partial charge is 0.494 e. The predicted octanol–water partition coefficient (Wildman–Crippen LogP) is 4.14. The van der Waals surface area contributed by atoms with Gasteiger partial charge in [0.1, 0.15) is 5.75 Å². The molecule has 3 heteroatoms. The van der Waals surface area contributed by atoms with Crippen LogP contribution in [-0.4, -0.2) is 12.4 Å². The summed E-state index contributed by atoms with van der Waals surface area (Å²) in [6.45, 7) is 6.98. The van der Waals surface area contributed by atoms with E-state index in [9.17, 15) is 0 Å². The molecule has 0 aliphatic rings. The van der Waals surface area contributed by atoms with Crippen LogP contribution in [0.1, 0.15) is 50.8 Å². The predicted molar refractivity (Wildman–Crippen MR) is 81.3 cm³/mol. The summed E-state index contributed by atoms with van der Waals surface area (Å²) in [7, 11) is 0. The Balaban J connectivity index is 2.72. The van der Waals surface area contributed by atoms with Gasteiger partial charge in [-0.05, 0) is 43.7 Å². The first-order valence-corrected chi connectivity index (χ1v) is 7.93. The van der Waals surface area contributed by atoms with Crippen molar-refractivity contribution in [1.82, 2.24) is 0 Å². The summed E-state index contributed by atoms with van der Waals surface area (Å²) in [4.78, 5) is 0. The molecule has 0 radical (unpaired) electrons. The third-order valence-electron chi connectivity index (χ3n) is 2.81. The number of hydrogen-bond acceptors (Lipinski definition) is 3. The lowest BCUT2D eigenvalue weighted by Crippen LogP contribution is -2.06. The van der Waals surface area contributed by atoms with Crippen LogP contribution in [-0.2, 0) is 5.75 Å². The van der Waals surface area contributed by atoms with E-state index in [0.717, 1.165) is 11.5 Å². The van der Waals surface area contributed by atoms with Gasteiger partial charge < -0.3 is 10.5 Å². The molecule has 0 aliphatic heterocycles. The highest BCUT2D eigenvalue weighted by atomic mass is 32.2. The van der Waals surface area contributed by atoms with Crippen molar-refractivity contribution in [2.75, 3.05) is 12.4 Å². The van der Waals surface area contributed by atoms with Crippen molar-refractivity contribution in [2.24, 2.45) is 5.73 Å². The highest BCUT2D eigenvalue weighted by molar-refractivity contribution is 7.98. The number of nitrogens with two attached hydrogens (primary N) is 1. The Morgan fingerprint density at radius 2 is 2.11 bits per heavy atom. The molecule has 0 heterocycles. The number of benzene rings is 1. The molecule has 1 aromatic carbocycles. The maximum Gasteiger partial charge on any atom is 0.123 e. The molecule has 102 valence electrons. The van der Waals surface area contributed by atoms with E-state index in [1.807, 2.05) is 25.6 Å². The fourth-order valence-corrected chi connectivity index (χ4v) is 2.80. The van der Waals surface area contributed by atoms with E-state index in [-0.39, 0.29) is 6.04 Å². The Morgan fingerprint density at radius 3 is 2.72 bits per heavy atom. The summed E-state index contributed by atoms with van der Waals surface area (Å²) in [5.74, 6) is 3.23. The maximum atomic E-state index is 5.94.